The van der Waals surface area contributed by atoms with Gasteiger partial charge in [-0.05, 0) is 25.7 Å². The number of likely N-dealkylation sites (N-methyl/N-ethyl adjacent to an activating group) is 1. The Hall–Kier alpha value is -1.52. The van der Waals surface area contributed by atoms with Gasteiger partial charge in [0.25, 0.3) is 0 Å². The summed E-state index contributed by atoms with van der Waals surface area (Å²) in [5.41, 5.74) is 0.878. The van der Waals surface area contributed by atoms with Gasteiger partial charge in [-0.1, -0.05) is 19.1 Å². The molecule has 5 nitrogen and oxygen atoms in total. The van der Waals surface area contributed by atoms with E-state index in [0.29, 0.717) is 13.1 Å². The second-order valence-electron chi connectivity index (χ2n) is 5.19. The summed E-state index contributed by atoms with van der Waals surface area (Å²) in [6.07, 6.45) is 1.71. The summed E-state index contributed by atoms with van der Waals surface area (Å²) in [5.74, 6) is -0.919. The van der Waals surface area contributed by atoms with Crippen molar-refractivity contribution in [2.75, 3.05) is 20.1 Å². The number of rotatable bonds is 3. The first-order valence-corrected chi connectivity index (χ1v) is 6.23. The first-order valence-electron chi connectivity index (χ1n) is 6.23. The minimum atomic E-state index is -0.917. The maximum atomic E-state index is 12.2. The average Bonchev–Trinajstić information content (AvgIpc) is 2.26. The van der Waals surface area contributed by atoms with Gasteiger partial charge in [-0.2, -0.15) is 0 Å². The van der Waals surface area contributed by atoms with Crippen molar-refractivity contribution in [3.8, 4) is 0 Å². The number of piperidine rings is 1. The van der Waals surface area contributed by atoms with E-state index in [1.54, 1.807) is 7.05 Å². The smallest absolute Gasteiger partial charge is 0.326 e. The molecule has 18 heavy (non-hydrogen) atoms. The number of urea groups is 1. The zero-order chi connectivity index (χ0) is 13.9. The van der Waals surface area contributed by atoms with Gasteiger partial charge in [0, 0.05) is 20.1 Å². The molecule has 0 spiro atoms. The molecule has 1 aliphatic heterocycles. The second-order valence-corrected chi connectivity index (χ2v) is 5.19. The summed E-state index contributed by atoms with van der Waals surface area (Å²) in [7, 11) is 1.68. The van der Waals surface area contributed by atoms with E-state index in [-0.39, 0.29) is 11.9 Å². The second kappa shape index (κ2) is 5.89. The van der Waals surface area contributed by atoms with Crippen molar-refractivity contribution in [1.29, 1.82) is 0 Å². The number of carboxylic acid groups (broad SMARTS) is 1. The fourth-order valence-electron chi connectivity index (χ4n) is 2.47. The third-order valence-electron chi connectivity index (χ3n) is 3.27. The summed E-state index contributed by atoms with van der Waals surface area (Å²) in [6.45, 7) is 8.46. The molecule has 1 saturated heterocycles. The number of carbonyl (C=O) groups excluding carboxylic acids is 1. The van der Waals surface area contributed by atoms with Gasteiger partial charge in [0.05, 0.1) is 0 Å². The Morgan fingerprint density at radius 1 is 1.50 bits per heavy atom. The lowest BCUT2D eigenvalue weighted by Gasteiger charge is -2.39. The molecule has 102 valence electrons. The van der Waals surface area contributed by atoms with Crippen LogP contribution in [0.2, 0.25) is 0 Å². The van der Waals surface area contributed by atoms with E-state index in [1.807, 2.05) is 13.8 Å². The predicted molar refractivity (Wildman–Crippen MR) is 69.4 cm³/mol. The van der Waals surface area contributed by atoms with Crippen molar-refractivity contribution in [2.24, 2.45) is 5.92 Å². The molecule has 5 heteroatoms. The average molecular weight is 254 g/mol. The van der Waals surface area contributed by atoms with Crippen molar-refractivity contribution in [3.63, 3.8) is 0 Å². The van der Waals surface area contributed by atoms with Crippen LogP contribution in [-0.4, -0.2) is 53.1 Å². The summed E-state index contributed by atoms with van der Waals surface area (Å²) in [4.78, 5) is 26.5. The summed E-state index contributed by atoms with van der Waals surface area (Å²) in [5, 5.41) is 9.26. The van der Waals surface area contributed by atoms with Crippen LogP contribution >= 0.6 is 0 Å². The molecule has 1 N–H and O–H groups in total. The van der Waals surface area contributed by atoms with Gasteiger partial charge < -0.3 is 14.9 Å². The van der Waals surface area contributed by atoms with E-state index in [2.05, 4.69) is 6.58 Å². The Morgan fingerprint density at radius 2 is 2.11 bits per heavy atom. The first-order chi connectivity index (χ1) is 8.34. The quantitative estimate of drug-likeness (QED) is 0.781. The highest BCUT2D eigenvalue weighted by Crippen LogP contribution is 2.24. The Morgan fingerprint density at radius 3 is 2.61 bits per heavy atom. The van der Waals surface area contributed by atoms with Crippen molar-refractivity contribution in [2.45, 2.75) is 32.7 Å². The SMILES string of the molecule is C=C(C)CN(C)C(=O)N1CCCC(C)C1C(=O)O. The van der Waals surface area contributed by atoms with E-state index < -0.39 is 12.0 Å². The molecule has 0 aromatic heterocycles. The third-order valence-corrected chi connectivity index (χ3v) is 3.27. The fourth-order valence-corrected chi connectivity index (χ4v) is 2.47. The number of carboxylic acids is 1. The standard InChI is InChI=1S/C13H22N2O3/c1-9(2)8-14(4)13(18)15-7-5-6-10(3)11(15)12(16)17/h10-11H,1,5-8H2,2-4H3,(H,16,17). The van der Waals surface area contributed by atoms with Crippen LogP contribution in [0.25, 0.3) is 0 Å². The predicted octanol–water partition coefficient (Wildman–Crippen LogP) is 1.80. The molecule has 1 heterocycles. The van der Waals surface area contributed by atoms with E-state index in [1.165, 1.54) is 9.80 Å². The Labute approximate surface area is 108 Å². The number of nitrogens with zero attached hydrogens (tertiary/aromatic N) is 2. The van der Waals surface area contributed by atoms with Gasteiger partial charge in [0.15, 0.2) is 0 Å². The van der Waals surface area contributed by atoms with Gasteiger partial charge in [0.1, 0.15) is 6.04 Å². The molecular weight excluding hydrogens is 232 g/mol. The van der Waals surface area contributed by atoms with Crippen LogP contribution in [0.1, 0.15) is 26.7 Å². The molecule has 0 radical (unpaired) electrons. The molecule has 1 rings (SSSR count). The summed E-state index contributed by atoms with van der Waals surface area (Å²) in [6, 6.07) is -0.934. The Balaban J connectivity index is 2.81. The van der Waals surface area contributed by atoms with Crippen molar-refractivity contribution >= 4 is 12.0 Å². The molecule has 1 fully saturated rings. The summed E-state index contributed by atoms with van der Waals surface area (Å²) < 4.78 is 0. The highest BCUT2D eigenvalue weighted by atomic mass is 16.4. The van der Waals surface area contributed by atoms with Gasteiger partial charge in [0.2, 0.25) is 0 Å². The van der Waals surface area contributed by atoms with Crippen LogP contribution in [0, 0.1) is 5.92 Å². The van der Waals surface area contributed by atoms with Crippen LogP contribution < -0.4 is 0 Å². The van der Waals surface area contributed by atoms with Gasteiger partial charge in [-0.3, -0.25) is 0 Å². The Bertz CT molecular complexity index is 354. The highest BCUT2D eigenvalue weighted by molar-refractivity contribution is 5.83. The maximum Gasteiger partial charge on any atom is 0.326 e. The minimum absolute atomic E-state index is 0.00146. The van der Waals surface area contributed by atoms with Gasteiger partial charge in [-0.15, -0.1) is 0 Å². The minimum Gasteiger partial charge on any atom is -0.480 e. The molecule has 1 aliphatic rings. The monoisotopic (exact) mass is 254 g/mol. The highest BCUT2D eigenvalue weighted by Gasteiger charge is 2.38. The van der Waals surface area contributed by atoms with E-state index in [0.717, 1.165) is 18.4 Å². The maximum absolute atomic E-state index is 12.2. The van der Waals surface area contributed by atoms with Crippen molar-refractivity contribution in [3.05, 3.63) is 12.2 Å². The molecule has 0 saturated carbocycles. The molecule has 0 aromatic rings. The van der Waals surface area contributed by atoms with Crippen LogP contribution in [0.4, 0.5) is 4.79 Å². The van der Waals surface area contributed by atoms with Crippen LogP contribution in [0.15, 0.2) is 12.2 Å². The van der Waals surface area contributed by atoms with Crippen LogP contribution in [0.5, 0.6) is 0 Å². The Kier molecular flexibility index (Phi) is 4.76. The topological polar surface area (TPSA) is 60.9 Å². The molecule has 0 aromatic carbocycles. The van der Waals surface area contributed by atoms with Crippen LogP contribution in [0.3, 0.4) is 0 Å². The number of carbonyl (C=O) groups is 2. The fraction of sp³-hybridized carbons (Fsp3) is 0.692. The van der Waals surface area contributed by atoms with Crippen molar-refractivity contribution in [1.82, 2.24) is 9.80 Å². The van der Waals surface area contributed by atoms with E-state index >= 15 is 0 Å². The van der Waals surface area contributed by atoms with Crippen LogP contribution in [-0.2, 0) is 4.79 Å². The number of hydrogen-bond acceptors (Lipinski definition) is 2. The lowest BCUT2D eigenvalue weighted by Crippen LogP contribution is -2.55. The van der Waals surface area contributed by atoms with Gasteiger partial charge >= 0.3 is 12.0 Å². The largest absolute Gasteiger partial charge is 0.480 e. The van der Waals surface area contributed by atoms with Gasteiger partial charge in [-0.25, -0.2) is 9.59 Å². The van der Waals surface area contributed by atoms with E-state index in [9.17, 15) is 14.7 Å². The normalized spacial score (nSPS) is 23.6. The molecule has 2 amide bonds. The van der Waals surface area contributed by atoms with E-state index in [4.69, 9.17) is 0 Å². The number of amides is 2. The zero-order valence-electron chi connectivity index (χ0n) is 11.3. The molecule has 2 atom stereocenters. The summed E-state index contributed by atoms with van der Waals surface area (Å²) >= 11 is 0. The lowest BCUT2D eigenvalue weighted by molar-refractivity contribution is -0.145. The molecule has 0 bridgehead atoms. The third kappa shape index (κ3) is 3.24. The molecule has 0 aliphatic carbocycles. The molecular formula is C13H22N2O3. The number of aliphatic carboxylic acids is 1. The molecule has 2 unspecified atom stereocenters. The number of hydrogen-bond donors (Lipinski definition) is 1. The lowest BCUT2D eigenvalue weighted by atomic mass is 9.91. The first kappa shape index (κ1) is 14.5. The number of likely N-dealkylation sites (tertiary alicyclic amines) is 1. The van der Waals surface area contributed by atoms with Crippen molar-refractivity contribution < 1.29 is 14.7 Å². The zero-order valence-corrected chi connectivity index (χ0v) is 11.3.